The van der Waals surface area contributed by atoms with Gasteiger partial charge < -0.3 is 23.7 Å². The Bertz CT molecular complexity index is 912. The highest BCUT2D eigenvalue weighted by Crippen LogP contribution is 2.38. The van der Waals surface area contributed by atoms with Crippen molar-refractivity contribution in [2.75, 3.05) is 33.0 Å². The molecule has 0 amide bonds. The van der Waals surface area contributed by atoms with E-state index >= 15 is 0 Å². The van der Waals surface area contributed by atoms with Crippen LogP contribution in [0.3, 0.4) is 0 Å². The molecule has 212 valence electrons. The predicted octanol–water partition coefficient (Wildman–Crippen LogP) is 7.61. The van der Waals surface area contributed by atoms with Crippen LogP contribution in [0.2, 0.25) is 0 Å². The molecule has 0 N–H and O–H groups in total. The summed E-state index contributed by atoms with van der Waals surface area (Å²) in [5.41, 5.74) is 4.99. The zero-order valence-corrected chi connectivity index (χ0v) is 24.4. The molecule has 5 nitrogen and oxygen atoms in total. The van der Waals surface area contributed by atoms with Crippen LogP contribution in [0.15, 0.2) is 42.5 Å². The average molecular weight is 527 g/mol. The Kier molecular flexibility index (Phi) is 13.6. The molecule has 3 rings (SSSR count). The van der Waals surface area contributed by atoms with Gasteiger partial charge in [-0.15, -0.1) is 0 Å². The van der Waals surface area contributed by atoms with E-state index < -0.39 is 0 Å². The highest BCUT2D eigenvalue weighted by atomic mass is 16.6. The Morgan fingerprint density at radius 3 is 2.08 bits per heavy atom. The Morgan fingerprint density at radius 2 is 1.42 bits per heavy atom. The topological polar surface area (TPSA) is 46.2 Å². The van der Waals surface area contributed by atoms with Crippen molar-refractivity contribution in [3.63, 3.8) is 0 Å². The van der Waals surface area contributed by atoms with Gasteiger partial charge in [0.25, 0.3) is 0 Å². The largest absolute Gasteiger partial charge is 0.494 e. The van der Waals surface area contributed by atoms with E-state index in [9.17, 15) is 0 Å². The van der Waals surface area contributed by atoms with Crippen molar-refractivity contribution in [3.8, 4) is 5.75 Å². The Hall–Kier alpha value is -1.92. The van der Waals surface area contributed by atoms with E-state index in [1.54, 1.807) is 0 Å². The summed E-state index contributed by atoms with van der Waals surface area (Å²) >= 11 is 0. The minimum atomic E-state index is -0.182. The molecule has 0 aromatic heterocycles. The molecule has 0 bridgehead atoms. The fourth-order valence-electron chi connectivity index (χ4n) is 4.84. The molecule has 0 aliphatic carbocycles. The second-order valence-electron chi connectivity index (χ2n) is 10.3. The lowest BCUT2D eigenvalue weighted by atomic mass is 9.94. The summed E-state index contributed by atoms with van der Waals surface area (Å²) in [5.74, 6) is 0.912. The third-order valence-electron chi connectivity index (χ3n) is 7.18. The molecule has 0 spiro atoms. The first-order valence-electron chi connectivity index (χ1n) is 14.9. The molecule has 1 fully saturated rings. The Morgan fingerprint density at radius 1 is 0.763 bits per heavy atom. The predicted molar refractivity (Wildman–Crippen MR) is 154 cm³/mol. The van der Waals surface area contributed by atoms with Crippen LogP contribution < -0.4 is 4.74 Å². The van der Waals surface area contributed by atoms with Crippen molar-refractivity contribution in [2.45, 2.75) is 104 Å². The van der Waals surface area contributed by atoms with Crippen molar-refractivity contribution in [1.29, 1.82) is 0 Å². The first-order valence-corrected chi connectivity index (χ1v) is 14.9. The molecule has 2 aromatic carbocycles. The number of unbranched alkanes of at least 4 members (excludes halogenated alkanes) is 3. The monoisotopic (exact) mass is 526 g/mol. The zero-order valence-electron chi connectivity index (χ0n) is 24.4. The first kappa shape index (κ1) is 30.6. The van der Waals surface area contributed by atoms with Gasteiger partial charge in [0.2, 0.25) is 0 Å². The van der Waals surface area contributed by atoms with E-state index in [2.05, 4.69) is 70.2 Å². The molecule has 2 aromatic rings. The third kappa shape index (κ3) is 9.08. The van der Waals surface area contributed by atoms with Gasteiger partial charge in [0.1, 0.15) is 30.2 Å². The van der Waals surface area contributed by atoms with Gasteiger partial charge in [0, 0.05) is 19.8 Å². The Balaban J connectivity index is 1.83. The highest BCUT2D eigenvalue weighted by molar-refractivity contribution is 5.38. The fourth-order valence-corrected chi connectivity index (χ4v) is 4.84. The molecular formula is C33H50O5. The maximum Gasteiger partial charge on any atom is 0.119 e. The SMILES string of the molecule is CCCCOC[C@@H]1O[C@@H](c2ccc(C)c(Cc3ccc(OCC)cc3)c2)[C@H](OCCCC)[C@H]1OCCCC. The molecule has 5 heteroatoms. The van der Waals surface area contributed by atoms with Crippen molar-refractivity contribution in [1.82, 2.24) is 0 Å². The number of hydrogen-bond acceptors (Lipinski definition) is 5. The van der Waals surface area contributed by atoms with E-state index in [1.165, 1.54) is 16.7 Å². The lowest BCUT2D eigenvalue weighted by Gasteiger charge is -2.25. The summed E-state index contributed by atoms with van der Waals surface area (Å²) in [6.45, 7) is 14.1. The van der Waals surface area contributed by atoms with Crippen LogP contribution in [-0.2, 0) is 25.4 Å². The van der Waals surface area contributed by atoms with Crippen LogP contribution in [0.25, 0.3) is 0 Å². The Labute approximate surface area is 231 Å². The molecule has 1 saturated heterocycles. The quantitative estimate of drug-likeness (QED) is 0.187. The van der Waals surface area contributed by atoms with Gasteiger partial charge in [0.05, 0.1) is 13.2 Å². The number of hydrogen-bond donors (Lipinski definition) is 0. The first-order chi connectivity index (χ1) is 18.6. The smallest absolute Gasteiger partial charge is 0.119 e. The summed E-state index contributed by atoms with van der Waals surface area (Å²) in [5, 5.41) is 0. The van der Waals surface area contributed by atoms with Gasteiger partial charge in [-0.3, -0.25) is 0 Å². The molecule has 1 heterocycles. The van der Waals surface area contributed by atoms with Crippen LogP contribution >= 0.6 is 0 Å². The van der Waals surface area contributed by atoms with Gasteiger partial charge in [-0.05, 0) is 73.9 Å². The normalized spacial score (nSPS) is 21.2. The van der Waals surface area contributed by atoms with Gasteiger partial charge in [-0.25, -0.2) is 0 Å². The number of ether oxygens (including phenoxy) is 5. The molecular weight excluding hydrogens is 476 g/mol. The summed E-state index contributed by atoms with van der Waals surface area (Å²) < 4.78 is 31.3. The van der Waals surface area contributed by atoms with Crippen LogP contribution in [0.1, 0.15) is 94.6 Å². The summed E-state index contributed by atoms with van der Waals surface area (Å²) in [4.78, 5) is 0. The van der Waals surface area contributed by atoms with Crippen LogP contribution in [-0.4, -0.2) is 51.3 Å². The van der Waals surface area contributed by atoms with E-state index in [1.807, 2.05) is 6.92 Å². The summed E-state index contributed by atoms with van der Waals surface area (Å²) in [6, 6.07) is 15.1. The van der Waals surface area contributed by atoms with E-state index in [-0.39, 0.29) is 24.4 Å². The summed E-state index contributed by atoms with van der Waals surface area (Å²) in [7, 11) is 0. The van der Waals surface area contributed by atoms with Crippen molar-refractivity contribution < 1.29 is 23.7 Å². The average Bonchev–Trinajstić information content (AvgIpc) is 3.26. The minimum absolute atomic E-state index is 0.138. The molecule has 0 radical (unpaired) electrons. The van der Waals surface area contributed by atoms with Gasteiger partial charge >= 0.3 is 0 Å². The summed E-state index contributed by atoms with van der Waals surface area (Å²) in [6.07, 6.45) is 6.68. The number of benzene rings is 2. The highest BCUT2D eigenvalue weighted by Gasteiger charge is 2.47. The standard InChI is InChI=1S/C33H50O5/c1-6-10-19-34-24-30-32(36-20-11-7-2)33(37-21-12-8-3)31(38-30)27-16-13-25(5)28(23-27)22-26-14-17-29(18-15-26)35-9-4/h13-18,23,30-33H,6-12,19-22,24H2,1-5H3/t30-,31-,32-,33-/m0/s1. The molecule has 0 saturated carbocycles. The second kappa shape index (κ2) is 16.9. The van der Waals surface area contributed by atoms with E-state index in [4.69, 9.17) is 23.7 Å². The van der Waals surface area contributed by atoms with Gasteiger partial charge in [0.15, 0.2) is 0 Å². The van der Waals surface area contributed by atoms with E-state index in [0.29, 0.717) is 26.4 Å². The van der Waals surface area contributed by atoms with Gasteiger partial charge in [-0.1, -0.05) is 70.4 Å². The molecule has 4 atom stereocenters. The molecule has 1 aliphatic rings. The molecule has 38 heavy (non-hydrogen) atoms. The minimum Gasteiger partial charge on any atom is -0.494 e. The third-order valence-corrected chi connectivity index (χ3v) is 7.18. The fraction of sp³-hybridized carbons (Fsp3) is 0.636. The zero-order chi connectivity index (χ0) is 27.2. The number of rotatable bonds is 18. The lowest BCUT2D eigenvalue weighted by Crippen LogP contribution is -2.38. The maximum atomic E-state index is 6.71. The maximum absolute atomic E-state index is 6.71. The van der Waals surface area contributed by atoms with Crippen LogP contribution in [0.4, 0.5) is 0 Å². The second-order valence-corrected chi connectivity index (χ2v) is 10.3. The van der Waals surface area contributed by atoms with Crippen LogP contribution in [0.5, 0.6) is 5.75 Å². The van der Waals surface area contributed by atoms with Crippen molar-refractivity contribution >= 4 is 0 Å². The van der Waals surface area contributed by atoms with Crippen molar-refractivity contribution in [3.05, 3.63) is 64.7 Å². The van der Waals surface area contributed by atoms with Crippen molar-refractivity contribution in [2.24, 2.45) is 0 Å². The lowest BCUT2D eigenvalue weighted by molar-refractivity contribution is -0.0795. The number of aryl methyl sites for hydroxylation is 1. The molecule has 1 aliphatic heterocycles. The molecule has 0 unspecified atom stereocenters. The van der Waals surface area contributed by atoms with Gasteiger partial charge in [-0.2, -0.15) is 0 Å². The van der Waals surface area contributed by atoms with E-state index in [0.717, 1.165) is 62.9 Å². The van der Waals surface area contributed by atoms with Crippen LogP contribution in [0, 0.1) is 6.92 Å².